The van der Waals surface area contributed by atoms with Gasteiger partial charge < -0.3 is 5.32 Å². The van der Waals surface area contributed by atoms with Gasteiger partial charge in [-0.25, -0.2) is 0 Å². The van der Waals surface area contributed by atoms with Crippen LogP contribution >= 0.6 is 15.9 Å². The number of alkyl halides is 1. The van der Waals surface area contributed by atoms with Crippen LogP contribution in [-0.2, 0) is 11.3 Å². The Labute approximate surface area is 92.1 Å². The van der Waals surface area contributed by atoms with Gasteiger partial charge in [-0.2, -0.15) is 0 Å². The molecule has 1 rings (SSSR count). The molecule has 14 heavy (non-hydrogen) atoms. The summed E-state index contributed by atoms with van der Waals surface area (Å²) in [6.45, 7) is 4.20. The third-order valence-electron chi connectivity index (χ3n) is 1.75. The Kier molecular flexibility index (Phi) is 4.07. The highest BCUT2D eigenvalue weighted by molar-refractivity contribution is 9.10. The predicted octanol–water partition coefficient (Wildman–Crippen LogP) is 1.79. The van der Waals surface area contributed by atoms with E-state index in [1.165, 1.54) is 0 Å². The van der Waals surface area contributed by atoms with Crippen molar-refractivity contribution in [2.75, 3.05) is 0 Å². The fraction of sp³-hybridized carbons (Fsp3) is 0.400. The summed E-state index contributed by atoms with van der Waals surface area (Å²) in [4.78, 5) is 15.3. The number of amides is 1. The van der Waals surface area contributed by atoms with E-state index in [-0.39, 0.29) is 10.7 Å². The normalized spacial score (nSPS) is 12.2. The van der Waals surface area contributed by atoms with E-state index in [1.807, 2.05) is 25.1 Å². The molecule has 1 aromatic heterocycles. The molecule has 1 unspecified atom stereocenters. The van der Waals surface area contributed by atoms with Gasteiger partial charge in [0.05, 0.1) is 17.1 Å². The van der Waals surface area contributed by atoms with E-state index in [1.54, 1.807) is 6.92 Å². The molecule has 76 valence electrons. The largest absolute Gasteiger partial charge is 0.349 e. The molecule has 3 nitrogen and oxygen atoms in total. The van der Waals surface area contributed by atoms with Crippen molar-refractivity contribution >= 4 is 21.8 Å². The molecule has 1 aromatic rings. The maximum Gasteiger partial charge on any atom is 0.233 e. The minimum absolute atomic E-state index is 0.0201. The number of hydrogen-bond donors (Lipinski definition) is 1. The van der Waals surface area contributed by atoms with E-state index >= 15 is 0 Å². The van der Waals surface area contributed by atoms with Crippen molar-refractivity contribution in [1.82, 2.24) is 10.3 Å². The molecule has 0 radical (unpaired) electrons. The Bertz CT molecular complexity index is 326. The SMILES string of the molecule is Cc1cccc(CNC(=O)C(C)Br)n1. The summed E-state index contributed by atoms with van der Waals surface area (Å²) < 4.78 is 0. The number of halogens is 1. The minimum Gasteiger partial charge on any atom is -0.349 e. The topological polar surface area (TPSA) is 42.0 Å². The Morgan fingerprint density at radius 1 is 1.64 bits per heavy atom. The average molecular weight is 257 g/mol. The summed E-state index contributed by atoms with van der Waals surface area (Å²) in [7, 11) is 0. The van der Waals surface area contributed by atoms with Crippen molar-refractivity contribution < 1.29 is 4.79 Å². The van der Waals surface area contributed by atoms with Crippen LogP contribution in [0.1, 0.15) is 18.3 Å². The second kappa shape index (κ2) is 5.10. The van der Waals surface area contributed by atoms with Crippen molar-refractivity contribution in [2.45, 2.75) is 25.2 Å². The number of nitrogens with one attached hydrogen (secondary N) is 1. The maximum atomic E-state index is 11.2. The highest BCUT2D eigenvalue weighted by Gasteiger charge is 2.07. The van der Waals surface area contributed by atoms with E-state index in [0.717, 1.165) is 11.4 Å². The van der Waals surface area contributed by atoms with E-state index in [4.69, 9.17) is 0 Å². The van der Waals surface area contributed by atoms with Gasteiger partial charge in [-0.1, -0.05) is 22.0 Å². The van der Waals surface area contributed by atoms with Gasteiger partial charge in [0.2, 0.25) is 5.91 Å². The van der Waals surface area contributed by atoms with E-state index in [9.17, 15) is 4.79 Å². The number of aromatic nitrogens is 1. The van der Waals surface area contributed by atoms with Gasteiger partial charge in [-0.05, 0) is 26.0 Å². The third kappa shape index (κ3) is 3.46. The molecule has 0 fully saturated rings. The fourth-order valence-corrected chi connectivity index (χ4v) is 1.18. The van der Waals surface area contributed by atoms with Crippen LogP contribution in [0.5, 0.6) is 0 Å². The van der Waals surface area contributed by atoms with Crippen molar-refractivity contribution in [3.63, 3.8) is 0 Å². The highest BCUT2D eigenvalue weighted by atomic mass is 79.9. The second-order valence-electron chi connectivity index (χ2n) is 3.10. The lowest BCUT2D eigenvalue weighted by molar-refractivity contribution is -0.120. The molecule has 4 heteroatoms. The molecule has 0 saturated carbocycles. The molecule has 0 aliphatic carbocycles. The zero-order chi connectivity index (χ0) is 10.6. The van der Waals surface area contributed by atoms with Crippen molar-refractivity contribution in [3.05, 3.63) is 29.6 Å². The van der Waals surface area contributed by atoms with Crippen molar-refractivity contribution in [1.29, 1.82) is 0 Å². The quantitative estimate of drug-likeness (QED) is 0.839. The first-order valence-corrected chi connectivity index (χ1v) is 5.35. The van der Waals surface area contributed by atoms with Gasteiger partial charge in [0.25, 0.3) is 0 Å². The van der Waals surface area contributed by atoms with E-state index < -0.39 is 0 Å². The molecule has 1 atom stereocenters. The van der Waals surface area contributed by atoms with Crippen LogP contribution in [0.3, 0.4) is 0 Å². The molecule has 0 aromatic carbocycles. The van der Waals surface area contributed by atoms with E-state index in [2.05, 4.69) is 26.2 Å². The Balaban J connectivity index is 2.50. The number of rotatable bonds is 3. The summed E-state index contributed by atoms with van der Waals surface area (Å²) in [5, 5.41) is 2.78. The summed E-state index contributed by atoms with van der Waals surface area (Å²) in [5.74, 6) is -0.0201. The summed E-state index contributed by atoms with van der Waals surface area (Å²) in [6, 6.07) is 5.76. The summed E-state index contributed by atoms with van der Waals surface area (Å²) >= 11 is 3.20. The highest BCUT2D eigenvalue weighted by Crippen LogP contribution is 2.00. The number of nitrogens with zero attached hydrogens (tertiary/aromatic N) is 1. The van der Waals surface area contributed by atoms with Crippen LogP contribution in [0, 0.1) is 6.92 Å². The lowest BCUT2D eigenvalue weighted by Gasteiger charge is -2.06. The van der Waals surface area contributed by atoms with Crippen molar-refractivity contribution in [2.24, 2.45) is 0 Å². The number of carbonyl (C=O) groups excluding carboxylic acids is 1. The van der Waals surface area contributed by atoms with Gasteiger partial charge in [0, 0.05) is 5.69 Å². The Hall–Kier alpha value is -0.900. The van der Waals surface area contributed by atoms with Crippen LogP contribution in [0.2, 0.25) is 0 Å². The number of hydrogen-bond acceptors (Lipinski definition) is 2. The molecule has 0 aliphatic rings. The zero-order valence-electron chi connectivity index (χ0n) is 8.25. The Morgan fingerprint density at radius 2 is 2.36 bits per heavy atom. The van der Waals surface area contributed by atoms with Crippen LogP contribution in [-0.4, -0.2) is 15.7 Å². The average Bonchev–Trinajstić information content (AvgIpc) is 2.14. The van der Waals surface area contributed by atoms with Gasteiger partial charge in [-0.15, -0.1) is 0 Å². The predicted molar refractivity (Wildman–Crippen MR) is 59.2 cm³/mol. The first-order chi connectivity index (χ1) is 6.59. The molecule has 0 spiro atoms. The standard InChI is InChI=1S/C10H13BrN2O/c1-7-4-3-5-9(13-7)6-12-10(14)8(2)11/h3-5,8H,6H2,1-2H3,(H,12,14). The van der Waals surface area contributed by atoms with Gasteiger partial charge in [0.15, 0.2) is 0 Å². The van der Waals surface area contributed by atoms with E-state index in [0.29, 0.717) is 6.54 Å². The summed E-state index contributed by atoms with van der Waals surface area (Å²) in [6.07, 6.45) is 0. The van der Waals surface area contributed by atoms with Crippen LogP contribution in [0.25, 0.3) is 0 Å². The number of carbonyl (C=O) groups is 1. The molecule has 1 N–H and O–H groups in total. The first kappa shape index (κ1) is 11.2. The molecule has 0 aliphatic heterocycles. The number of aryl methyl sites for hydroxylation is 1. The lowest BCUT2D eigenvalue weighted by atomic mass is 10.3. The second-order valence-corrected chi connectivity index (χ2v) is 4.48. The van der Waals surface area contributed by atoms with Gasteiger partial charge in [-0.3, -0.25) is 9.78 Å². The minimum atomic E-state index is -0.160. The monoisotopic (exact) mass is 256 g/mol. The van der Waals surface area contributed by atoms with Crippen molar-refractivity contribution in [3.8, 4) is 0 Å². The fourth-order valence-electron chi connectivity index (χ4n) is 1.02. The smallest absolute Gasteiger partial charge is 0.233 e. The molecule has 0 bridgehead atoms. The van der Waals surface area contributed by atoms with Crippen LogP contribution in [0.4, 0.5) is 0 Å². The molecular formula is C10H13BrN2O. The van der Waals surface area contributed by atoms with Crippen LogP contribution < -0.4 is 5.32 Å². The maximum absolute atomic E-state index is 11.2. The third-order valence-corrected chi connectivity index (χ3v) is 2.17. The number of pyridine rings is 1. The van der Waals surface area contributed by atoms with Gasteiger partial charge in [0.1, 0.15) is 0 Å². The molecule has 1 heterocycles. The van der Waals surface area contributed by atoms with Gasteiger partial charge >= 0.3 is 0 Å². The lowest BCUT2D eigenvalue weighted by Crippen LogP contribution is -2.29. The Morgan fingerprint density at radius 3 is 2.93 bits per heavy atom. The summed E-state index contributed by atoms with van der Waals surface area (Å²) in [5.41, 5.74) is 1.84. The molecule has 1 amide bonds. The zero-order valence-corrected chi connectivity index (χ0v) is 9.84. The molecule has 0 saturated heterocycles. The molecular weight excluding hydrogens is 244 g/mol. The van der Waals surface area contributed by atoms with Crippen LogP contribution in [0.15, 0.2) is 18.2 Å². The first-order valence-electron chi connectivity index (χ1n) is 4.44.